The van der Waals surface area contributed by atoms with Crippen molar-refractivity contribution in [2.75, 3.05) is 13.7 Å². The van der Waals surface area contributed by atoms with Crippen molar-refractivity contribution in [3.8, 4) is 17.4 Å². The minimum absolute atomic E-state index is 0.520. The van der Waals surface area contributed by atoms with E-state index in [-0.39, 0.29) is 0 Å². The Hall–Kier alpha value is -1.78. The summed E-state index contributed by atoms with van der Waals surface area (Å²) in [4.78, 5) is 6.81. The number of hydrogen-bond donors (Lipinski definition) is 0. The van der Waals surface area contributed by atoms with Crippen molar-refractivity contribution in [1.82, 2.24) is 9.88 Å². The predicted octanol–water partition coefficient (Wildman–Crippen LogP) is 5.27. The number of benzene rings is 1. The fourth-order valence-electron chi connectivity index (χ4n) is 4.43. The first-order valence-electron chi connectivity index (χ1n) is 9.42. The molecular weight excluding hydrogens is 348 g/mol. The molecule has 2 bridgehead atoms. The quantitative estimate of drug-likeness (QED) is 0.716. The van der Waals surface area contributed by atoms with Crippen molar-refractivity contribution in [1.29, 1.82) is 0 Å². The molecule has 2 aliphatic rings. The van der Waals surface area contributed by atoms with Crippen molar-refractivity contribution in [3.63, 3.8) is 0 Å². The Morgan fingerprint density at radius 3 is 2.58 bits per heavy atom. The van der Waals surface area contributed by atoms with Crippen LogP contribution >= 0.6 is 11.6 Å². The molecule has 138 valence electrons. The number of pyridine rings is 1. The van der Waals surface area contributed by atoms with Gasteiger partial charge in [0.25, 0.3) is 0 Å². The first-order chi connectivity index (χ1) is 12.7. The zero-order chi connectivity index (χ0) is 18.1. The van der Waals surface area contributed by atoms with Crippen molar-refractivity contribution < 1.29 is 9.47 Å². The van der Waals surface area contributed by atoms with Gasteiger partial charge < -0.3 is 14.4 Å². The van der Waals surface area contributed by atoms with E-state index < -0.39 is 0 Å². The molecule has 2 saturated heterocycles. The van der Waals surface area contributed by atoms with Gasteiger partial charge in [-0.15, -0.1) is 0 Å². The number of rotatable bonds is 5. The van der Waals surface area contributed by atoms with Gasteiger partial charge in [-0.3, -0.25) is 0 Å². The molecular formula is C21H25ClN2O2. The molecule has 0 saturated carbocycles. The molecule has 0 radical (unpaired) electrons. The Kier molecular flexibility index (Phi) is 5.05. The fourth-order valence-corrected chi connectivity index (χ4v) is 4.55. The monoisotopic (exact) mass is 372 g/mol. The average Bonchev–Trinajstić information content (AvgIpc) is 2.85. The smallest absolute Gasteiger partial charge is 0.219 e. The van der Waals surface area contributed by atoms with E-state index in [0.717, 1.165) is 11.5 Å². The van der Waals surface area contributed by atoms with Gasteiger partial charge in [-0.2, -0.15) is 0 Å². The van der Waals surface area contributed by atoms with Crippen LogP contribution in [0.5, 0.6) is 17.4 Å². The van der Waals surface area contributed by atoms with Gasteiger partial charge >= 0.3 is 0 Å². The van der Waals surface area contributed by atoms with Crippen LogP contribution in [0.1, 0.15) is 44.1 Å². The van der Waals surface area contributed by atoms with E-state index in [1.54, 1.807) is 18.3 Å². The van der Waals surface area contributed by atoms with E-state index in [2.05, 4.69) is 29.1 Å². The van der Waals surface area contributed by atoms with Gasteiger partial charge in [0.15, 0.2) is 11.5 Å². The van der Waals surface area contributed by atoms with Crippen LogP contribution in [0.15, 0.2) is 36.5 Å². The standard InChI is InChI=1S/C21H25ClN2O2/c1-3-25-21-18(14-11-16-8-9-17(12-14)24(16)2)5-4-6-19(21)26-20-10-7-15(22)13-23-20/h4-7,10,13-14,16-17H,3,8-9,11-12H2,1-2H3. The third-order valence-corrected chi connectivity index (χ3v) is 5.97. The molecule has 3 heterocycles. The van der Waals surface area contributed by atoms with Gasteiger partial charge in [-0.1, -0.05) is 23.7 Å². The van der Waals surface area contributed by atoms with Crippen LogP contribution in [0, 0.1) is 0 Å². The third kappa shape index (κ3) is 3.40. The fraction of sp³-hybridized carbons (Fsp3) is 0.476. The summed E-state index contributed by atoms with van der Waals surface area (Å²) >= 11 is 5.92. The Balaban J connectivity index is 1.63. The molecule has 1 aromatic heterocycles. The molecule has 5 heteroatoms. The zero-order valence-corrected chi connectivity index (χ0v) is 16.1. The molecule has 2 aliphatic heterocycles. The number of aromatic nitrogens is 1. The normalized spacial score (nSPS) is 25.3. The van der Waals surface area contributed by atoms with Crippen LogP contribution in [0.4, 0.5) is 0 Å². The summed E-state index contributed by atoms with van der Waals surface area (Å²) in [6.07, 6.45) is 6.60. The second-order valence-corrected chi connectivity index (χ2v) is 7.68. The lowest BCUT2D eigenvalue weighted by atomic mass is 9.84. The number of hydrogen-bond acceptors (Lipinski definition) is 4. The van der Waals surface area contributed by atoms with E-state index in [1.165, 1.54) is 31.2 Å². The number of halogens is 1. The zero-order valence-electron chi connectivity index (χ0n) is 15.3. The van der Waals surface area contributed by atoms with Gasteiger partial charge in [-0.05, 0) is 57.7 Å². The van der Waals surface area contributed by atoms with Gasteiger partial charge in [0.05, 0.1) is 11.6 Å². The maximum Gasteiger partial charge on any atom is 0.219 e. The SMILES string of the molecule is CCOc1c(Oc2ccc(Cl)cn2)cccc1C1CC2CCC(C1)N2C. The average molecular weight is 373 g/mol. The first kappa shape index (κ1) is 17.6. The van der Waals surface area contributed by atoms with Gasteiger partial charge in [-0.25, -0.2) is 4.98 Å². The highest BCUT2D eigenvalue weighted by Crippen LogP contribution is 2.47. The summed E-state index contributed by atoms with van der Waals surface area (Å²) in [6, 6.07) is 11.1. The van der Waals surface area contributed by atoms with Crippen LogP contribution in [0.25, 0.3) is 0 Å². The van der Waals surface area contributed by atoms with Crippen LogP contribution in [-0.4, -0.2) is 35.6 Å². The highest BCUT2D eigenvalue weighted by Gasteiger charge is 2.39. The van der Waals surface area contributed by atoms with Crippen LogP contribution in [-0.2, 0) is 0 Å². The van der Waals surface area contributed by atoms with Crippen LogP contribution in [0.2, 0.25) is 5.02 Å². The molecule has 1 aromatic carbocycles. The summed E-state index contributed by atoms with van der Waals surface area (Å²) in [6.45, 7) is 2.63. The Labute approximate surface area is 160 Å². The third-order valence-electron chi connectivity index (χ3n) is 5.75. The number of piperidine rings is 1. The molecule has 4 nitrogen and oxygen atoms in total. The lowest BCUT2D eigenvalue weighted by Gasteiger charge is -2.37. The van der Waals surface area contributed by atoms with Gasteiger partial charge in [0.2, 0.25) is 5.88 Å². The number of nitrogens with zero attached hydrogens (tertiary/aromatic N) is 2. The second kappa shape index (κ2) is 7.45. The largest absolute Gasteiger partial charge is 0.490 e. The molecule has 2 fully saturated rings. The number of para-hydroxylation sites is 1. The summed E-state index contributed by atoms with van der Waals surface area (Å²) in [5.74, 6) is 2.63. The maximum absolute atomic E-state index is 6.04. The summed E-state index contributed by atoms with van der Waals surface area (Å²) in [5, 5.41) is 0.595. The molecule has 0 aliphatic carbocycles. The number of ether oxygens (including phenoxy) is 2. The molecule has 4 rings (SSSR count). The van der Waals surface area contributed by atoms with Gasteiger partial charge in [0, 0.05) is 29.9 Å². The lowest BCUT2D eigenvalue weighted by Crippen LogP contribution is -2.39. The van der Waals surface area contributed by atoms with Crippen LogP contribution in [0.3, 0.4) is 0 Å². The Bertz CT molecular complexity index is 751. The van der Waals surface area contributed by atoms with E-state index in [9.17, 15) is 0 Å². The summed E-state index contributed by atoms with van der Waals surface area (Å²) < 4.78 is 12.1. The predicted molar refractivity (Wildman–Crippen MR) is 103 cm³/mol. The minimum Gasteiger partial charge on any atom is -0.490 e. The summed E-state index contributed by atoms with van der Waals surface area (Å²) in [7, 11) is 2.27. The van der Waals surface area contributed by atoms with E-state index in [0.29, 0.717) is 35.5 Å². The van der Waals surface area contributed by atoms with E-state index >= 15 is 0 Å². The lowest BCUT2D eigenvalue weighted by molar-refractivity contribution is 0.160. The Morgan fingerprint density at radius 1 is 1.15 bits per heavy atom. The molecule has 2 atom stereocenters. The topological polar surface area (TPSA) is 34.6 Å². The highest BCUT2D eigenvalue weighted by molar-refractivity contribution is 6.30. The highest BCUT2D eigenvalue weighted by atomic mass is 35.5. The molecule has 0 amide bonds. The van der Waals surface area contributed by atoms with Crippen molar-refractivity contribution in [2.45, 2.75) is 50.6 Å². The first-order valence-corrected chi connectivity index (χ1v) is 9.80. The molecule has 2 aromatic rings. The van der Waals surface area contributed by atoms with Crippen molar-refractivity contribution in [2.24, 2.45) is 0 Å². The van der Waals surface area contributed by atoms with Crippen molar-refractivity contribution in [3.05, 3.63) is 47.1 Å². The van der Waals surface area contributed by atoms with Gasteiger partial charge in [0.1, 0.15) is 0 Å². The molecule has 0 N–H and O–H groups in total. The molecule has 26 heavy (non-hydrogen) atoms. The van der Waals surface area contributed by atoms with Crippen LogP contribution < -0.4 is 9.47 Å². The molecule has 2 unspecified atom stereocenters. The molecule has 0 spiro atoms. The van der Waals surface area contributed by atoms with E-state index in [4.69, 9.17) is 21.1 Å². The summed E-state index contributed by atoms with van der Waals surface area (Å²) in [5.41, 5.74) is 1.27. The minimum atomic E-state index is 0.520. The van der Waals surface area contributed by atoms with Crippen molar-refractivity contribution >= 4 is 11.6 Å². The number of fused-ring (bicyclic) bond motifs is 2. The maximum atomic E-state index is 6.04. The van der Waals surface area contributed by atoms with E-state index in [1.807, 2.05) is 13.0 Å². The second-order valence-electron chi connectivity index (χ2n) is 7.24. The Morgan fingerprint density at radius 2 is 1.92 bits per heavy atom.